The van der Waals surface area contributed by atoms with Crippen LogP contribution in [0.25, 0.3) is 0 Å². The predicted molar refractivity (Wildman–Crippen MR) is 44.8 cm³/mol. The van der Waals surface area contributed by atoms with E-state index in [4.69, 9.17) is 0 Å². The minimum absolute atomic E-state index is 0.123. The number of urea groups is 1. The molecule has 1 aliphatic carbocycles. The van der Waals surface area contributed by atoms with Crippen LogP contribution in [0.3, 0.4) is 0 Å². The molecule has 0 spiro atoms. The summed E-state index contributed by atoms with van der Waals surface area (Å²) >= 11 is 0. The molecule has 0 aliphatic heterocycles. The highest BCUT2D eigenvalue weighted by Crippen LogP contribution is 2.33. The van der Waals surface area contributed by atoms with Crippen LogP contribution in [0.4, 0.5) is 13.6 Å². The fourth-order valence-electron chi connectivity index (χ4n) is 1.50. The number of hydrogen-bond donors (Lipinski definition) is 2. The summed E-state index contributed by atoms with van der Waals surface area (Å²) in [4.78, 5) is 10.8. The molecule has 0 aromatic carbocycles. The molecule has 0 aromatic rings. The minimum atomic E-state index is -2.75. The van der Waals surface area contributed by atoms with E-state index in [2.05, 4.69) is 10.6 Å². The predicted octanol–water partition coefficient (Wildman–Crippen LogP) is 1.49. The van der Waals surface area contributed by atoms with Crippen LogP contribution in [0.15, 0.2) is 0 Å². The number of halogens is 2. The highest BCUT2D eigenvalue weighted by Gasteiger charge is 2.41. The Kier molecular flexibility index (Phi) is 3.06. The van der Waals surface area contributed by atoms with Gasteiger partial charge < -0.3 is 10.6 Å². The van der Waals surface area contributed by atoms with E-state index in [-0.39, 0.29) is 6.42 Å². The molecule has 13 heavy (non-hydrogen) atoms. The Bertz CT molecular complexity index is 197. The summed E-state index contributed by atoms with van der Waals surface area (Å²) in [6.45, 7) is 0. The molecule has 0 radical (unpaired) electrons. The molecule has 2 N–H and O–H groups in total. The third-order valence-electron chi connectivity index (χ3n) is 2.30. The van der Waals surface area contributed by atoms with E-state index in [1.807, 2.05) is 0 Å². The largest absolute Gasteiger partial charge is 0.341 e. The first-order valence-corrected chi connectivity index (χ1v) is 4.42. The molecular weight excluding hydrogens is 178 g/mol. The number of hydrogen-bond acceptors (Lipinski definition) is 1. The third kappa shape index (κ3) is 2.54. The highest BCUT2D eigenvalue weighted by molar-refractivity contribution is 5.73. The Morgan fingerprint density at radius 1 is 1.46 bits per heavy atom. The van der Waals surface area contributed by atoms with Crippen LogP contribution < -0.4 is 10.6 Å². The van der Waals surface area contributed by atoms with Gasteiger partial charge in [-0.25, -0.2) is 13.6 Å². The molecule has 1 atom stereocenters. The van der Waals surface area contributed by atoms with Crippen LogP contribution in [-0.4, -0.2) is 25.0 Å². The van der Waals surface area contributed by atoms with Gasteiger partial charge in [0.2, 0.25) is 0 Å². The standard InChI is InChI=1S/C8H14F2N2O/c1-11-7(13)12-6-4-2-3-5-8(6,9)10/h6H,2-5H2,1H3,(H2,11,12,13). The normalized spacial score (nSPS) is 26.5. The van der Waals surface area contributed by atoms with Crippen molar-refractivity contribution in [2.75, 3.05) is 7.05 Å². The molecule has 1 aliphatic rings. The first-order valence-electron chi connectivity index (χ1n) is 4.42. The monoisotopic (exact) mass is 192 g/mol. The van der Waals surface area contributed by atoms with Gasteiger partial charge in [0.05, 0.1) is 6.04 Å². The Morgan fingerprint density at radius 3 is 2.69 bits per heavy atom. The molecule has 0 aromatic heterocycles. The second-order valence-corrected chi connectivity index (χ2v) is 3.28. The molecule has 5 heteroatoms. The summed E-state index contributed by atoms with van der Waals surface area (Å²) in [6, 6.07) is -1.53. The molecule has 76 valence electrons. The molecule has 0 heterocycles. The van der Waals surface area contributed by atoms with E-state index in [9.17, 15) is 13.6 Å². The SMILES string of the molecule is CNC(=O)NC1CCCCC1(F)F. The van der Waals surface area contributed by atoms with Crippen LogP contribution >= 0.6 is 0 Å². The van der Waals surface area contributed by atoms with Gasteiger partial charge in [0.25, 0.3) is 5.92 Å². The zero-order valence-electron chi connectivity index (χ0n) is 7.57. The van der Waals surface area contributed by atoms with Crippen LogP contribution in [0.5, 0.6) is 0 Å². The molecule has 1 rings (SSSR count). The van der Waals surface area contributed by atoms with Gasteiger partial charge in [0.1, 0.15) is 0 Å². The maximum absolute atomic E-state index is 13.1. The number of rotatable bonds is 1. The average molecular weight is 192 g/mol. The first kappa shape index (κ1) is 10.2. The highest BCUT2D eigenvalue weighted by atomic mass is 19.3. The smallest absolute Gasteiger partial charge is 0.314 e. The second kappa shape index (κ2) is 3.89. The van der Waals surface area contributed by atoms with Gasteiger partial charge in [-0.2, -0.15) is 0 Å². The summed E-state index contributed by atoms with van der Waals surface area (Å²) in [5.74, 6) is -2.75. The lowest BCUT2D eigenvalue weighted by atomic mass is 9.92. The summed E-state index contributed by atoms with van der Waals surface area (Å²) in [6.07, 6.45) is 1.53. The maximum Gasteiger partial charge on any atom is 0.314 e. The van der Waals surface area contributed by atoms with Gasteiger partial charge in [-0.15, -0.1) is 0 Å². The zero-order chi connectivity index (χ0) is 9.90. The van der Waals surface area contributed by atoms with Crippen LogP contribution in [0.1, 0.15) is 25.7 Å². The van der Waals surface area contributed by atoms with Crippen molar-refractivity contribution in [3.8, 4) is 0 Å². The lowest BCUT2D eigenvalue weighted by Crippen LogP contribution is -2.51. The van der Waals surface area contributed by atoms with E-state index in [0.29, 0.717) is 12.8 Å². The molecule has 2 amide bonds. The molecule has 1 saturated carbocycles. The summed E-state index contributed by atoms with van der Waals surface area (Å²) in [5.41, 5.74) is 0. The average Bonchev–Trinajstić information content (AvgIpc) is 2.08. The lowest BCUT2D eigenvalue weighted by Gasteiger charge is -2.31. The van der Waals surface area contributed by atoms with Crippen molar-refractivity contribution in [1.29, 1.82) is 0 Å². The third-order valence-corrected chi connectivity index (χ3v) is 2.30. The van der Waals surface area contributed by atoms with Crippen molar-refractivity contribution < 1.29 is 13.6 Å². The van der Waals surface area contributed by atoms with Crippen molar-refractivity contribution in [3.05, 3.63) is 0 Å². The minimum Gasteiger partial charge on any atom is -0.341 e. The lowest BCUT2D eigenvalue weighted by molar-refractivity contribution is -0.0597. The van der Waals surface area contributed by atoms with E-state index in [1.54, 1.807) is 0 Å². The van der Waals surface area contributed by atoms with Crippen LogP contribution in [0.2, 0.25) is 0 Å². The van der Waals surface area contributed by atoms with E-state index < -0.39 is 18.0 Å². The summed E-state index contributed by atoms with van der Waals surface area (Å²) in [5, 5.41) is 4.53. The van der Waals surface area contributed by atoms with Crippen molar-refractivity contribution in [1.82, 2.24) is 10.6 Å². The van der Waals surface area contributed by atoms with Crippen molar-refractivity contribution in [2.24, 2.45) is 0 Å². The van der Waals surface area contributed by atoms with Gasteiger partial charge in [-0.1, -0.05) is 6.42 Å². The van der Waals surface area contributed by atoms with Crippen LogP contribution in [0, 0.1) is 0 Å². The van der Waals surface area contributed by atoms with Crippen molar-refractivity contribution in [3.63, 3.8) is 0 Å². The van der Waals surface area contributed by atoms with Gasteiger partial charge in [0, 0.05) is 13.5 Å². The van der Waals surface area contributed by atoms with Gasteiger partial charge in [-0.3, -0.25) is 0 Å². The second-order valence-electron chi connectivity index (χ2n) is 3.28. The molecule has 1 unspecified atom stereocenters. The quantitative estimate of drug-likeness (QED) is 0.649. The van der Waals surface area contributed by atoms with Gasteiger partial charge in [0.15, 0.2) is 0 Å². The number of carbonyl (C=O) groups excluding carboxylic acids is 1. The number of nitrogens with one attached hydrogen (secondary N) is 2. The van der Waals surface area contributed by atoms with Gasteiger partial charge >= 0.3 is 6.03 Å². The Morgan fingerprint density at radius 2 is 2.15 bits per heavy atom. The summed E-state index contributed by atoms with van der Waals surface area (Å²) < 4.78 is 26.2. The number of amides is 2. The fourth-order valence-corrected chi connectivity index (χ4v) is 1.50. The maximum atomic E-state index is 13.1. The Hall–Kier alpha value is -0.870. The molecular formula is C8H14F2N2O. The molecule has 3 nitrogen and oxygen atoms in total. The fraction of sp³-hybridized carbons (Fsp3) is 0.875. The van der Waals surface area contributed by atoms with E-state index in [0.717, 1.165) is 6.42 Å². The topological polar surface area (TPSA) is 41.1 Å². The zero-order valence-corrected chi connectivity index (χ0v) is 7.57. The van der Waals surface area contributed by atoms with E-state index in [1.165, 1.54) is 7.05 Å². The number of carbonyl (C=O) groups is 1. The van der Waals surface area contributed by atoms with Gasteiger partial charge in [-0.05, 0) is 12.8 Å². The van der Waals surface area contributed by atoms with Crippen molar-refractivity contribution >= 4 is 6.03 Å². The summed E-state index contributed by atoms with van der Waals surface area (Å²) in [7, 11) is 1.41. The van der Waals surface area contributed by atoms with Crippen molar-refractivity contribution in [2.45, 2.75) is 37.6 Å². The Labute approximate surface area is 75.9 Å². The molecule has 0 saturated heterocycles. The van der Waals surface area contributed by atoms with Crippen LogP contribution in [-0.2, 0) is 0 Å². The first-order chi connectivity index (χ1) is 6.06. The Balaban J connectivity index is 2.51. The van der Waals surface area contributed by atoms with E-state index >= 15 is 0 Å². The molecule has 1 fully saturated rings. The molecule has 0 bridgehead atoms. The number of alkyl halides is 2.